The van der Waals surface area contributed by atoms with E-state index in [0.717, 1.165) is 18.7 Å². The van der Waals surface area contributed by atoms with Crippen molar-refractivity contribution >= 4 is 10.0 Å². The Kier molecular flexibility index (Phi) is 6.26. The predicted octanol–water partition coefficient (Wildman–Crippen LogP) is 2.05. The standard InChI is InChI=1S/C19H24N2O4S/c1-24-18-9-5-6-10-19(18)26(22,23)20-15-17(16-7-3-2-4-8-16)21-11-13-25-14-12-21/h2-10,17,20H,11-15H2,1H3. The first-order valence-electron chi connectivity index (χ1n) is 8.61. The Labute approximate surface area is 154 Å². The van der Waals surface area contributed by atoms with Crippen LogP contribution in [-0.2, 0) is 14.8 Å². The fourth-order valence-corrected chi connectivity index (χ4v) is 4.34. The van der Waals surface area contributed by atoms with Crippen LogP contribution in [0.2, 0.25) is 0 Å². The van der Waals surface area contributed by atoms with Crippen molar-refractivity contribution in [1.82, 2.24) is 9.62 Å². The highest BCUT2D eigenvalue weighted by Gasteiger charge is 2.26. The summed E-state index contributed by atoms with van der Waals surface area (Å²) in [5, 5.41) is 0. The van der Waals surface area contributed by atoms with Crippen LogP contribution in [0.4, 0.5) is 0 Å². The zero-order valence-corrected chi connectivity index (χ0v) is 15.6. The van der Waals surface area contributed by atoms with Crippen LogP contribution in [0.25, 0.3) is 0 Å². The summed E-state index contributed by atoms with van der Waals surface area (Å²) in [6, 6.07) is 16.5. The Morgan fingerprint density at radius 2 is 1.73 bits per heavy atom. The Balaban J connectivity index is 1.81. The van der Waals surface area contributed by atoms with Crippen LogP contribution in [0.5, 0.6) is 5.75 Å². The summed E-state index contributed by atoms with van der Waals surface area (Å²) in [6.07, 6.45) is 0. The largest absolute Gasteiger partial charge is 0.495 e. The first-order valence-corrected chi connectivity index (χ1v) is 10.1. The second-order valence-corrected chi connectivity index (χ2v) is 7.81. The van der Waals surface area contributed by atoms with Gasteiger partial charge in [-0.15, -0.1) is 0 Å². The number of sulfonamides is 1. The van der Waals surface area contributed by atoms with Crippen molar-refractivity contribution in [3.8, 4) is 5.75 Å². The van der Waals surface area contributed by atoms with Crippen molar-refractivity contribution in [2.45, 2.75) is 10.9 Å². The van der Waals surface area contributed by atoms with E-state index in [1.165, 1.54) is 7.11 Å². The second-order valence-electron chi connectivity index (χ2n) is 6.08. The van der Waals surface area contributed by atoms with Gasteiger partial charge in [-0.1, -0.05) is 42.5 Å². The van der Waals surface area contributed by atoms with Crippen molar-refractivity contribution in [2.24, 2.45) is 0 Å². The first-order chi connectivity index (χ1) is 12.6. The van der Waals surface area contributed by atoms with E-state index in [-0.39, 0.29) is 17.5 Å². The van der Waals surface area contributed by atoms with Gasteiger partial charge in [-0.25, -0.2) is 13.1 Å². The number of ether oxygens (including phenoxy) is 2. The SMILES string of the molecule is COc1ccccc1S(=O)(=O)NCC(c1ccccc1)N1CCOCC1. The lowest BCUT2D eigenvalue weighted by Gasteiger charge is -2.34. The Morgan fingerprint density at radius 1 is 1.08 bits per heavy atom. The van der Waals surface area contributed by atoms with Gasteiger partial charge in [-0.3, -0.25) is 4.90 Å². The number of morpholine rings is 1. The molecule has 0 aromatic heterocycles. The van der Waals surface area contributed by atoms with E-state index in [0.29, 0.717) is 19.0 Å². The third kappa shape index (κ3) is 4.42. The van der Waals surface area contributed by atoms with Crippen LogP contribution in [0.15, 0.2) is 59.5 Å². The van der Waals surface area contributed by atoms with E-state index in [2.05, 4.69) is 9.62 Å². The van der Waals surface area contributed by atoms with Gasteiger partial charge in [0.25, 0.3) is 0 Å². The lowest BCUT2D eigenvalue weighted by Crippen LogP contribution is -2.43. The van der Waals surface area contributed by atoms with Gasteiger partial charge < -0.3 is 9.47 Å². The van der Waals surface area contributed by atoms with Gasteiger partial charge in [0, 0.05) is 25.7 Å². The van der Waals surface area contributed by atoms with E-state index in [9.17, 15) is 8.42 Å². The van der Waals surface area contributed by atoms with Crippen molar-refractivity contribution in [3.05, 3.63) is 60.2 Å². The third-order valence-corrected chi connectivity index (χ3v) is 5.96. The van der Waals surface area contributed by atoms with Crippen LogP contribution < -0.4 is 9.46 Å². The topological polar surface area (TPSA) is 67.9 Å². The summed E-state index contributed by atoms with van der Waals surface area (Å²) in [5.41, 5.74) is 1.08. The molecule has 1 unspecified atom stereocenters. The predicted molar refractivity (Wildman–Crippen MR) is 99.8 cm³/mol. The minimum atomic E-state index is -3.68. The maximum atomic E-state index is 12.8. The summed E-state index contributed by atoms with van der Waals surface area (Å²) in [7, 11) is -2.21. The number of methoxy groups -OCH3 is 1. The van der Waals surface area contributed by atoms with Gasteiger partial charge in [0.05, 0.1) is 20.3 Å². The highest BCUT2D eigenvalue weighted by atomic mass is 32.2. The number of nitrogens with one attached hydrogen (secondary N) is 1. The van der Waals surface area contributed by atoms with Crippen LogP contribution >= 0.6 is 0 Å². The van der Waals surface area contributed by atoms with Crippen molar-refractivity contribution in [3.63, 3.8) is 0 Å². The fraction of sp³-hybridized carbons (Fsp3) is 0.368. The average Bonchev–Trinajstić information content (AvgIpc) is 2.69. The summed E-state index contributed by atoms with van der Waals surface area (Å²) >= 11 is 0. The van der Waals surface area contributed by atoms with E-state index < -0.39 is 10.0 Å². The Hall–Kier alpha value is -1.93. The van der Waals surface area contributed by atoms with Crippen LogP contribution in [0, 0.1) is 0 Å². The first kappa shape index (κ1) is 18.8. The molecule has 0 radical (unpaired) electrons. The molecule has 1 saturated heterocycles. The quantitative estimate of drug-likeness (QED) is 0.801. The van der Waals surface area contributed by atoms with Crippen LogP contribution in [-0.4, -0.2) is 53.3 Å². The van der Waals surface area contributed by atoms with E-state index in [1.54, 1.807) is 24.3 Å². The molecule has 26 heavy (non-hydrogen) atoms. The van der Waals surface area contributed by atoms with Crippen LogP contribution in [0.1, 0.15) is 11.6 Å². The number of rotatable bonds is 7. The van der Waals surface area contributed by atoms with Crippen molar-refractivity contribution < 1.29 is 17.9 Å². The summed E-state index contributed by atoms with van der Waals surface area (Å²) < 4.78 is 39.0. The van der Waals surface area contributed by atoms with Gasteiger partial charge in [-0.05, 0) is 17.7 Å². The molecular weight excluding hydrogens is 352 g/mol. The molecule has 1 aliphatic heterocycles. The van der Waals surface area contributed by atoms with Crippen molar-refractivity contribution in [1.29, 1.82) is 0 Å². The minimum absolute atomic E-state index is 0.0513. The molecule has 1 fully saturated rings. The molecule has 0 bridgehead atoms. The number of hydrogen-bond donors (Lipinski definition) is 1. The smallest absolute Gasteiger partial charge is 0.244 e. The van der Waals surface area contributed by atoms with Gasteiger partial charge >= 0.3 is 0 Å². The fourth-order valence-electron chi connectivity index (χ4n) is 3.13. The highest BCUT2D eigenvalue weighted by Crippen LogP contribution is 2.25. The molecule has 0 amide bonds. The maximum absolute atomic E-state index is 12.8. The Morgan fingerprint density at radius 3 is 2.42 bits per heavy atom. The average molecular weight is 376 g/mol. The van der Waals surface area contributed by atoms with Gasteiger partial charge in [0.1, 0.15) is 10.6 Å². The lowest BCUT2D eigenvalue weighted by atomic mass is 10.1. The highest BCUT2D eigenvalue weighted by molar-refractivity contribution is 7.89. The van der Waals surface area contributed by atoms with Gasteiger partial charge in [0.15, 0.2) is 0 Å². The van der Waals surface area contributed by atoms with E-state index in [4.69, 9.17) is 9.47 Å². The van der Waals surface area contributed by atoms with Gasteiger partial charge in [-0.2, -0.15) is 0 Å². The molecule has 0 saturated carbocycles. The molecule has 6 nitrogen and oxygen atoms in total. The van der Waals surface area contributed by atoms with E-state index >= 15 is 0 Å². The molecule has 1 aliphatic rings. The lowest BCUT2D eigenvalue weighted by molar-refractivity contribution is 0.0172. The second kappa shape index (κ2) is 8.64. The molecule has 1 heterocycles. The molecule has 2 aromatic carbocycles. The Bertz CT molecular complexity index is 805. The van der Waals surface area contributed by atoms with E-state index in [1.807, 2.05) is 30.3 Å². The molecule has 7 heteroatoms. The minimum Gasteiger partial charge on any atom is -0.495 e. The molecule has 3 rings (SSSR count). The number of hydrogen-bond acceptors (Lipinski definition) is 5. The zero-order valence-electron chi connectivity index (χ0n) is 14.8. The normalized spacial score (nSPS) is 17.0. The molecule has 2 aromatic rings. The molecule has 0 spiro atoms. The summed E-state index contributed by atoms with van der Waals surface area (Å²) in [6.45, 7) is 3.14. The van der Waals surface area contributed by atoms with Crippen LogP contribution in [0.3, 0.4) is 0 Å². The molecule has 1 atom stereocenters. The number of nitrogens with zero attached hydrogens (tertiary/aromatic N) is 1. The summed E-state index contributed by atoms with van der Waals surface area (Å²) in [5.74, 6) is 0.336. The number of benzene rings is 2. The third-order valence-electron chi connectivity index (χ3n) is 4.50. The molecule has 0 aliphatic carbocycles. The molecule has 1 N–H and O–H groups in total. The molecular formula is C19H24N2O4S. The van der Waals surface area contributed by atoms with Crippen molar-refractivity contribution in [2.75, 3.05) is 40.0 Å². The monoisotopic (exact) mass is 376 g/mol. The maximum Gasteiger partial charge on any atom is 0.244 e. The zero-order chi connectivity index (χ0) is 18.4. The molecule has 140 valence electrons. The number of para-hydroxylation sites is 1. The summed E-state index contributed by atoms with van der Waals surface area (Å²) in [4.78, 5) is 2.40. The van der Waals surface area contributed by atoms with Gasteiger partial charge in [0.2, 0.25) is 10.0 Å².